The van der Waals surface area contributed by atoms with Crippen LogP contribution in [-0.4, -0.2) is 12.8 Å². The van der Waals surface area contributed by atoms with Gasteiger partial charge in [0.1, 0.15) is 0 Å². The Morgan fingerprint density at radius 1 is 1.33 bits per heavy atom. The van der Waals surface area contributed by atoms with E-state index in [1.165, 1.54) is 11.1 Å². The lowest BCUT2D eigenvalue weighted by Crippen LogP contribution is -1.94. The second-order valence-corrected chi connectivity index (χ2v) is 2.16. The van der Waals surface area contributed by atoms with E-state index in [1.807, 2.05) is 12.3 Å². The summed E-state index contributed by atoms with van der Waals surface area (Å²) in [6, 6.07) is 0. The zero-order valence-corrected chi connectivity index (χ0v) is 5.04. The summed E-state index contributed by atoms with van der Waals surface area (Å²) in [6.07, 6.45) is 10.2. The molecule has 0 aromatic heterocycles. The lowest BCUT2D eigenvalue weighted by molar-refractivity contribution is 1.16. The van der Waals surface area contributed by atoms with Crippen molar-refractivity contribution in [1.82, 2.24) is 0 Å². The van der Waals surface area contributed by atoms with Crippen molar-refractivity contribution in [1.29, 1.82) is 0 Å². The lowest BCUT2D eigenvalue weighted by atomic mass is 10.1. The molecule has 9 heavy (non-hydrogen) atoms. The first-order chi connectivity index (χ1) is 4.47. The highest BCUT2D eigenvalue weighted by atomic mass is 14.7. The van der Waals surface area contributed by atoms with E-state index in [2.05, 4.69) is 23.2 Å². The van der Waals surface area contributed by atoms with Crippen molar-refractivity contribution >= 4 is 6.21 Å². The maximum Gasteiger partial charge on any atom is 0.0645 e. The summed E-state index contributed by atoms with van der Waals surface area (Å²) < 4.78 is 0. The molecule has 0 saturated heterocycles. The van der Waals surface area contributed by atoms with Crippen molar-refractivity contribution in [3.8, 4) is 0 Å². The van der Waals surface area contributed by atoms with Gasteiger partial charge in [0.05, 0.1) is 6.54 Å². The largest absolute Gasteiger partial charge is 0.288 e. The van der Waals surface area contributed by atoms with E-state index in [9.17, 15) is 0 Å². The van der Waals surface area contributed by atoms with Gasteiger partial charge in [0, 0.05) is 6.21 Å². The molecule has 0 aromatic carbocycles. The van der Waals surface area contributed by atoms with Gasteiger partial charge in [0.2, 0.25) is 0 Å². The number of aliphatic imine (C=N–C) groups is 1. The predicted octanol–water partition coefficient (Wildman–Crippen LogP) is 1.49. The lowest BCUT2D eigenvalue weighted by Gasteiger charge is -2.03. The zero-order valence-electron chi connectivity index (χ0n) is 5.04. The van der Waals surface area contributed by atoms with Crippen LogP contribution in [0, 0.1) is 0 Å². The van der Waals surface area contributed by atoms with Gasteiger partial charge in [-0.05, 0) is 17.2 Å². The van der Waals surface area contributed by atoms with Crippen molar-refractivity contribution in [3.05, 3.63) is 35.5 Å². The maximum absolute atomic E-state index is 4.11. The Balaban J connectivity index is 2.46. The molecule has 1 heteroatoms. The van der Waals surface area contributed by atoms with Crippen LogP contribution in [-0.2, 0) is 0 Å². The molecule has 0 N–H and O–H groups in total. The molecule has 1 aliphatic carbocycles. The monoisotopic (exact) mass is 117 g/mol. The molecule has 1 nitrogen and oxygen atoms in total. The number of hydrogen-bond acceptors (Lipinski definition) is 1. The van der Waals surface area contributed by atoms with Crippen LogP contribution in [0.5, 0.6) is 0 Å². The van der Waals surface area contributed by atoms with Gasteiger partial charge in [-0.15, -0.1) is 0 Å². The fourth-order valence-electron chi connectivity index (χ4n) is 1.06. The highest BCUT2D eigenvalue weighted by Gasteiger charge is 2.06. The normalized spacial score (nSPS) is 21.3. The molecule has 1 aliphatic heterocycles. The molecule has 0 unspecified atom stereocenters. The predicted molar refractivity (Wildman–Crippen MR) is 38.7 cm³/mol. The second kappa shape index (κ2) is 1.69. The standard InChI is InChI=1S/C8H7N/c1-2-7-4-5-9-6-8(7)3-1/h1-5H,6H2. The highest BCUT2D eigenvalue weighted by Crippen LogP contribution is 2.19. The molecule has 0 radical (unpaired) electrons. The van der Waals surface area contributed by atoms with Crippen molar-refractivity contribution in [2.75, 3.05) is 6.54 Å². The molecule has 2 aliphatic rings. The van der Waals surface area contributed by atoms with Crippen molar-refractivity contribution in [2.45, 2.75) is 0 Å². The van der Waals surface area contributed by atoms with Gasteiger partial charge in [0.15, 0.2) is 0 Å². The summed E-state index contributed by atoms with van der Waals surface area (Å²) in [4.78, 5) is 4.11. The van der Waals surface area contributed by atoms with Crippen LogP contribution in [0.15, 0.2) is 40.4 Å². The summed E-state index contributed by atoms with van der Waals surface area (Å²) in [5, 5.41) is 0. The zero-order chi connectivity index (χ0) is 6.10. The van der Waals surface area contributed by atoms with E-state index in [-0.39, 0.29) is 0 Å². The molecular formula is C8H7N. The van der Waals surface area contributed by atoms with E-state index in [0.29, 0.717) is 0 Å². The second-order valence-electron chi connectivity index (χ2n) is 2.16. The average molecular weight is 117 g/mol. The number of dihydropyridines is 1. The van der Waals surface area contributed by atoms with Gasteiger partial charge in [-0.2, -0.15) is 0 Å². The van der Waals surface area contributed by atoms with Crippen LogP contribution < -0.4 is 0 Å². The van der Waals surface area contributed by atoms with E-state index >= 15 is 0 Å². The van der Waals surface area contributed by atoms with Crippen LogP contribution >= 0.6 is 0 Å². The minimum Gasteiger partial charge on any atom is -0.288 e. The minimum absolute atomic E-state index is 0.860. The van der Waals surface area contributed by atoms with Crippen molar-refractivity contribution < 1.29 is 0 Å². The van der Waals surface area contributed by atoms with Gasteiger partial charge in [0.25, 0.3) is 0 Å². The average Bonchev–Trinajstić information content (AvgIpc) is 2.33. The Kier molecular flexibility index (Phi) is 0.890. The third-order valence-corrected chi connectivity index (χ3v) is 1.57. The molecular weight excluding hydrogens is 110 g/mol. The van der Waals surface area contributed by atoms with Crippen LogP contribution in [0.1, 0.15) is 0 Å². The van der Waals surface area contributed by atoms with Gasteiger partial charge in [-0.3, -0.25) is 4.99 Å². The van der Waals surface area contributed by atoms with Crippen LogP contribution in [0.2, 0.25) is 0 Å². The number of fused-ring (bicyclic) bond motifs is 1. The smallest absolute Gasteiger partial charge is 0.0645 e. The molecule has 2 rings (SSSR count). The molecule has 0 bridgehead atoms. The quantitative estimate of drug-likeness (QED) is 0.456. The summed E-state index contributed by atoms with van der Waals surface area (Å²) in [6.45, 7) is 0.860. The Hall–Kier alpha value is -1.11. The molecule has 1 heterocycles. The molecule has 0 atom stereocenters. The fourth-order valence-corrected chi connectivity index (χ4v) is 1.06. The molecule has 0 spiro atoms. The van der Waals surface area contributed by atoms with Crippen LogP contribution in [0.4, 0.5) is 0 Å². The fraction of sp³-hybridized carbons (Fsp3) is 0.125. The topological polar surface area (TPSA) is 12.4 Å². The number of allylic oxidation sites excluding steroid dienone is 4. The summed E-state index contributed by atoms with van der Waals surface area (Å²) in [5.74, 6) is 0. The van der Waals surface area contributed by atoms with Crippen LogP contribution in [0.25, 0.3) is 0 Å². The highest BCUT2D eigenvalue weighted by molar-refractivity contribution is 5.78. The van der Waals surface area contributed by atoms with E-state index < -0.39 is 0 Å². The Morgan fingerprint density at radius 2 is 2.33 bits per heavy atom. The Morgan fingerprint density at radius 3 is 3.22 bits per heavy atom. The van der Waals surface area contributed by atoms with Crippen molar-refractivity contribution in [2.24, 2.45) is 4.99 Å². The van der Waals surface area contributed by atoms with Crippen LogP contribution in [0.3, 0.4) is 0 Å². The Bertz CT molecular complexity index is 241. The number of hydrogen-bond donors (Lipinski definition) is 0. The molecule has 0 saturated carbocycles. The van der Waals surface area contributed by atoms with Gasteiger partial charge < -0.3 is 0 Å². The summed E-state index contributed by atoms with van der Waals surface area (Å²) in [5.41, 5.74) is 2.67. The minimum atomic E-state index is 0.860. The third-order valence-electron chi connectivity index (χ3n) is 1.57. The molecule has 44 valence electrons. The summed E-state index contributed by atoms with van der Waals surface area (Å²) >= 11 is 0. The third kappa shape index (κ3) is 0.653. The van der Waals surface area contributed by atoms with Crippen molar-refractivity contribution in [3.63, 3.8) is 0 Å². The first-order valence-electron chi connectivity index (χ1n) is 3.04. The first-order valence-corrected chi connectivity index (χ1v) is 3.04. The first kappa shape index (κ1) is 4.74. The van der Waals surface area contributed by atoms with E-state index in [4.69, 9.17) is 0 Å². The van der Waals surface area contributed by atoms with Gasteiger partial charge in [-0.25, -0.2) is 0 Å². The SMILES string of the molecule is C1=CC2=CC=NCC2=C1. The molecule has 0 aromatic rings. The summed E-state index contributed by atoms with van der Waals surface area (Å²) in [7, 11) is 0. The van der Waals surface area contributed by atoms with Gasteiger partial charge in [-0.1, -0.05) is 18.2 Å². The molecule has 0 amide bonds. The Labute approximate surface area is 54.1 Å². The van der Waals surface area contributed by atoms with Gasteiger partial charge >= 0.3 is 0 Å². The van der Waals surface area contributed by atoms with E-state index in [1.54, 1.807) is 0 Å². The number of nitrogens with zero attached hydrogens (tertiary/aromatic N) is 1. The molecule has 0 fully saturated rings. The maximum atomic E-state index is 4.11. The van der Waals surface area contributed by atoms with E-state index in [0.717, 1.165) is 6.54 Å². The number of rotatable bonds is 0.